The minimum absolute atomic E-state index is 0.361. The Bertz CT molecular complexity index is 610. The van der Waals surface area contributed by atoms with Crippen LogP contribution < -0.4 is 4.90 Å². The molecule has 0 bridgehead atoms. The lowest BCUT2D eigenvalue weighted by Gasteiger charge is -2.23. The second-order valence-corrected chi connectivity index (χ2v) is 6.75. The predicted octanol–water partition coefficient (Wildman–Crippen LogP) is 2.64. The Hall–Kier alpha value is -1.53. The molecule has 3 heterocycles. The Balaban J connectivity index is 1.78. The largest absolute Gasteiger partial charge is 0.361 e. The third-order valence-electron chi connectivity index (χ3n) is 3.84. The van der Waals surface area contributed by atoms with E-state index in [1.165, 1.54) is 12.1 Å². The number of aromatic nitrogens is 3. The van der Waals surface area contributed by atoms with Crippen LogP contribution in [0, 0.1) is 6.92 Å². The summed E-state index contributed by atoms with van der Waals surface area (Å²) in [7, 11) is 4.00. The lowest BCUT2D eigenvalue weighted by Crippen LogP contribution is -2.24. The van der Waals surface area contributed by atoms with Gasteiger partial charge in [0, 0.05) is 26.0 Å². The van der Waals surface area contributed by atoms with Gasteiger partial charge < -0.3 is 4.90 Å². The van der Waals surface area contributed by atoms with Crippen LogP contribution in [0.4, 0.5) is 5.82 Å². The van der Waals surface area contributed by atoms with Crippen molar-refractivity contribution in [3.05, 3.63) is 34.2 Å². The van der Waals surface area contributed by atoms with E-state index in [-0.39, 0.29) is 0 Å². The molecule has 1 aliphatic heterocycles. The zero-order valence-corrected chi connectivity index (χ0v) is 13.6. The summed E-state index contributed by atoms with van der Waals surface area (Å²) in [6.45, 7) is 4.07. The van der Waals surface area contributed by atoms with Crippen molar-refractivity contribution in [2.45, 2.75) is 32.4 Å². The summed E-state index contributed by atoms with van der Waals surface area (Å²) in [4.78, 5) is 18.2. The summed E-state index contributed by atoms with van der Waals surface area (Å²) in [6.07, 6.45) is 6.07. The minimum Gasteiger partial charge on any atom is -0.361 e. The quantitative estimate of drug-likeness (QED) is 0.869. The molecule has 1 aliphatic rings. The molecule has 0 amide bonds. The monoisotopic (exact) mass is 303 g/mol. The summed E-state index contributed by atoms with van der Waals surface area (Å²) in [6, 6.07) is 0.361. The van der Waals surface area contributed by atoms with Crippen molar-refractivity contribution in [1.82, 2.24) is 19.9 Å². The molecule has 0 aliphatic carbocycles. The topological polar surface area (TPSA) is 45.2 Å². The molecule has 1 atom stereocenters. The van der Waals surface area contributed by atoms with Gasteiger partial charge in [-0.2, -0.15) is 0 Å². The van der Waals surface area contributed by atoms with E-state index in [1.54, 1.807) is 11.3 Å². The maximum absolute atomic E-state index is 4.76. The number of aryl methyl sites for hydroxylation is 1. The molecule has 0 spiro atoms. The third kappa shape index (κ3) is 3.22. The standard InChI is InChI=1S/C15H21N5S/c1-11-17-12(10-21-11)9-20-6-4-5-14(20)13-7-16-8-15(18-13)19(2)3/h7-8,10,14H,4-6,9H2,1-3H3. The lowest BCUT2D eigenvalue weighted by molar-refractivity contribution is 0.241. The predicted molar refractivity (Wildman–Crippen MR) is 85.6 cm³/mol. The van der Waals surface area contributed by atoms with E-state index in [4.69, 9.17) is 4.98 Å². The number of hydrogen-bond donors (Lipinski definition) is 0. The normalized spacial score (nSPS) is 19.1. The summed E-state index contributed by atoms with van der Waals surface area (Å²) in [5, 5.41) is 3.29. The highest BCUT2D eigenvalue weighted by molar-refractivity contribution is 7.09. The van der Waals surface area contributed by atoms with E-state index in [9.17, 15) is 0 Å². The number of likely N-dealkylation sites (tertiary alicyclic amines) is 1. The summed E-state index contributed by atoms with van der Waals surface area (Å²) >= 11 is 1.72. The van der Waals surface area contributed by atoms with Crippen LogP contribution in [0.2, 0.25) is 0 Å². The van der Waals surface area contributed by atoms with Crippen LogP contribution in [0.25, 0.3) is 0 Å². The molecule has 112 valence electrons. The molecule has 2 aromatic rings. The Morgan fingerprint density at radius 1 is 1.33 bits per heavy atom. The van der Waals surface area contributed by atoms with Gasteiger partial charge in [0.25, 0.3) is 0 Å². The van der Waals surface area contributed by atoms with Crippen LogP contribution in [0.3, 0.4) is 0 Å². The van der Waals surface area contributed by atoms with Crippen molar-refractivity contribution in [3.8, 4) is 0 Å². The van der Waals surface area contributed by atoms with Crippen LogP contribution in [0.1, 0.15) is 35.3 Å². The Kier molecular flexibility index (Phi) is 4.17. The molecule has 1 unspecified atom stereocenters. The van der Waals surface area contributed by atoms with Gasteiger partial charge in [0.05, 0.1) is 34.8 Å². The first-order valence-electron chi connectivity index (χ1n) is 7.28. The van der Waals surface area contributed by atoms with Crippen molar-refractivity contribution in [3.63, 3.8) is 0 Å². The SMILES string of the molecule is Cc1nc(CN2CCCC2c2cncc(N(C)C)n2)cs1. The van der Waals surface area contributed by atoms with Crippen LogP contribution in [0.15, 0.2) is 17.8 Å². The summed E-state index contributed by atoms with van der Waals surface area (Å²) < 4.78 is 0. The van der Waals surface area contributed by atoms with Gasteiger partial charge in [-0.1, -0.05) is 0 Å². The van der Waals surface area contributed by atoms with Crippen LogP contribution in [-0.4, -0.2) is 40.5 Å². The zero-order chi connectivity index (χ0) is 14.8. The molecule has 0 aromatic carbocycles. The average Bonchev–Trinajstić information content (AvgIpc) is 3.09. The lowest BCUT2D eigenvalue weighted by atomic mass is 10.1. The maximum atomic E-state index is 4.76. The Morgan fingerprint density at radius 2 is 2.19 bits per heavy atom. The molecule has 1 saturated heterocycles. The maximum Gasteiger partial charge on any atom is 0.146 e. The van der Waals surface area contributed by atoms with Crippen molar-refractivity contribution >= 4 is 17.2 Å². The third-order valence-corrected chi connectivity index (χ3v) is 4.66. The van der Waals surface area contributed by atoms with Gasteiger partial charge in [-0.05, 0) is 26.3 Å². The molecule has 21 heavy (non-hydrogen) atoms. The van der Waals surface area contributed by atoms with Gasteiger partial charge in [0.2, 0.25) is 0 Å². The van der Waals surface area contributed by atoms with Crippen LogP contribution in [-0.2, 0) is 6.54 Å². The van der Waals surface area contributed by atoms with E-state index in [1.807, 2.05) is 31.4 Å². The van der Waals surface area contributed by atoms with E-state index in [0.29, 0.717) is 6.04 Å². The molecule has 6 heteroatoms. The highest BCUT2D eigenvalue weighted by atomic mass is 32.1. The molecule has 1 fully saturated rings. The van der Waals surface area contributed by atoms with Crippen LogP contribution >= 0.6 is 11.3 Å². The fourth-order valence-corrected chi connectivity index (χ4v) is 3.39. The molecule has 2 aromatic heterocycles. The van der Waals surface area contributed by atoms with E-state index < -0.39 is 0 Å². The number of thiazole rings is 1. The molecule has 0 radical (unpaired) electrons. The first-order chi connectivity index (χ1) is 10.1. The molecular weight excluding hydrogens is 282 g/mol. The van der Waals surface area contributed by atoms with Gasteiger partial charge in [0.15, 0.2) is 0 Å². The van der Waals surface area contributed by atoms with E-state index in [2.05, 4.69) is 27.2 Å². The first-order valence-corrected chi connectivity index (χ1v) is 8.16. The van der Waals surface area contributed by atoms with Crippen LogP contribution in [0.5, 0.6) is 0 Å². The van der Waals surface area contributed by atoms with Crippen molar-refractivity contribution < 1.29 is 0 Å². The highest BCUT2D eigenvalue weighted by Crippen LogP contribution is 2.32. The first kappa shape index (κ1) is 14.4. The van der Waals surface area contributed by atoms with Crippen molar-refractivity contribution in [2.24, 2.45) is 0 Å². The fraction of sp³-hybridized carbons (Fsp3) is 0.533. The molecule has 0 saturated carbocycles. The number of hydrogen-bond acceptors (Lipinski definition) is 6. The van der Waals surface area contributed by atoms with E-state index in [0.717, 1.165) is 36.0 Å². The van der Waals surface area contributed by atoms with Gasteiger partial charge in [-0.3, -0.25) is 9.88 Å². The number of nitrogens with zero attached hydrogens (tertiary/aromatic N) is 5. The molecule has 5 nitrogen and oxygen atoms in total. The number of anilines is 1. The van der Waals surface area contributed by atoms with Gasteiger partial charge in [-0.25, -0.2) is 9.97 Å². The second-order valence-electron chi connectivity index (χ2n) is 5.68. The van der Waals surface area contributed by atoms with E-state index >= 15 is 0 Å². The average molecular weight is 303 g/mol. The molecular formula is C15H21N5S. The highest BCUT2D eigenvalue weighted by Gasteiger charge is 2.28. The summed E-state index contributed by atoms with van der Waals surface area (Å²) in [5.74, 6) is 0.920. The second kappa shape index (κ2) is 6.07. The number of rotatable bonds is 4. The molecule has 0 N–H and O–H groups in total. The Morgan fingerprint density at radius 3 is 2.90 bits per heavy atom. The van der Waals surface area contributed by atoms with Gasteiger partial charge in [0.1, 0.15) is 5.82 Å². The Labute approximate surface area is 129 Å². The minimum atomic E-state index is 0.361. The fourth-order valence-electron chi connectivity index (χ4n) is 2.79. The van der Waals surface area contributed by atoms with Crippen molar-refractivity contribution in [1.29, 1.82) is 0 Å². The zero-order valence-electron chi connectivity index (χ0n) is 12.8. The van der Waals surface area contributed by atoms with Crippen molar-refractivity contribution in [2.75, 3.05) is 25.5 Å². The van der Waals surface area contributed by atoms with Gasteiger partial charge in [-0.15, -0.1) is 11.3 Å². The summed E-state index contributed by atoms with van der Waals surface area (Å²) in [5.41, 5.74) is 2.24. The smallest absolute Gasteiger partial charge is 0.146 e. The molecule has 3 rings (SSSR count). The van der Waals surface area contributed by atoms with Gasteiger partial charge >= 0.3 is 0 Å².